The topological polar surface area (TPSA) is 94.2 Å². The molecule has 33 heavy (non-hydrogen) atoms. The first kappa shape index (κ1) is 24.0. The third-order valence-electron chi connectivity index (χ3n) is 5.62. The number of ether oxygens (including phenoxy) is 3. The summed E-state index contributed by atoms with van der Waals surface area (Å²) in [5.41, 5.74) is 1.52. The van der Waals surface area contributed by atoms with Crippen LogP contribution < -0.4 is 10.1 Å². The molecule has 0 saturated carbocycles. The van der Waals surface area contributed by atoms with Gasteiger partial charge in [0.15, 0.2) is 0 Å². The standard InChI is InChI=1S/C23H27ClN2O6S/c1-16-4-7-21(22(13-16)32-15-17-3-2-10-31-17)25-23(27)19-14-18(5-6-20(19)24)33(28,29)26-8-11-30-12-9-26/h4-7,13-14,17H,2-3,8-12,15H2,1H3,(H,25,27). The first-order chi connectivity index (χ1) is 15.8. The number of anilines is 1. The number of nitrogens with zero attached hydrogens (tertiary/aromatic N) is 1. The maximum atomic E-state index is 13.1. The predicted octanol–water partition coefficient (Wildman–Crippen LogP) is 3.48. The molecule has 2 aromatic carbocycles. The predicted molar refractivity (Wildman–Crippen MR) is 125 cm³/mol. The first-order valence-corrected chi connectivity index (χ1v) is 12.7. The smallest absolute Gasteiger partial charge is 0.257 e. The van der Waals surface area contributed by atoms with Crippen molar-refractivity contribution < 1.29 is 27.4 Å². The van der Waals surface area contributed by atoms with Crippen LogP contribution in [0.3, 0.4) is 0 Å². The molecule has 0 bridgehead atoms. The summed E-state index contributed by atoms with van der Waals surface area (Å²) >= 11 is 6.27. The number of hydrogen-bond donors (Lipinski definition) is 1. The lowest BCUT2D eigenvalue weighted by Crippen LogP contribution is -2.40. The second-order valence-electron chi connectivity index (χ2n) is 8.06. The molecule has 178 valence electrons. The van der Waals surface area contributed by atoms with Gasteiger partial charge >= 0.3 is 0 Å². The van der Waals surface area contributed by atoms with Crippen molar-refractivity contribution in [2.45, 2.75) is 30.8 Å². The average Bonchev–Trinajstić information content (AvgIpc) is 3.33. The van der Waals surface area contributed by atoms with E-state index in [2.05, 4.69) is 5.32 Å². The molecule has 1 amide bonds. The van der Waals surface area contributed by atoms with Gasteiger partial charge < -0.3 is 19.5 Å². The quantitative estimate of drug-likeness (QED) is 0.633. The van der Waals surface area contributed by atoms with Gasteiger partial charge in [-0.1, -0.05) is 17.7 Å². The van der Waals surface area contributed by atoms with Crippen molar-refractivity contribution in [3.63, 3.8) is 0 Å². The highest BCUT2D eigenvalue weighted by Crippen LogP contribution is 2.29. The van der Waals surface area contributed by atoms with Gasteiger partial charge in [-0.05, 0) is 55.7 Å². The molecule has 1 atom stereocenters. The monoisotopic (exact) mass is 494 g/mol. The van der Waals surface area contributed by atoms with Crippen molar-refractivity contribution in [1.29, 1.82) is 0 Å². The van der Waals surface area contributed by atoms with Crippen LogP contribution in [-0.2, 0) is 19.5 Å². The molecule has 1 N–H and O–H groups in total. The van der Waals surface area contributed by atoms with Gasteiger partial charge in [0.2, 0.25) is 10.0 Å². The van der Waals surface area contributed by atoms with Crippen LogP contribution in [0.5, 0.6) is 5.75 Å². The Labute approximate surface area is 198 Å². The van der Waals surface area contributed by atoms with Crippen LogP contribution in [-0.4, -0.2) is 64.3 Å². The Morgan fingerprint density at radius 3 is 2.70 bits per heavy atom. The fourth-order valence-electron chi connectivity index (χ4n) is 3.78. The minimum absolute atomic E-state index is 0.0118. The number of aryl methyl sites for hydroxylation is 1. The Morgan fingerprint density at radius 2 is 1.97 bits per heavy atom. The number of amides is 1. The Bertz CT molecular complexity index is 1110. The highest BCUT2D eigenvalue weighted by Gasteiger charge is 2.28. The van der Waals surface area contributed by atoms with Crippen LogP contribution in [0.25, 0.3) is 0 Å². The number of sulfonamides is 1. The van der Waals surface area contributed by atoms with Gasteiger partial charge in [0.25, 0.3) is 5.91 Å². The minimum atomic E-state index is -3.76. The number of morpholine rings is 1. The molecule has 0 spiro atoms. The highest BCUT2D eigenvalue weighted by molar-refractivity contribution is 7.89. The molecule has 2 saturated heterocycles. The second kappa shape index (κ2) is 10.4. The van der Waals surface area contributed by atoms with Crippen LogP contribution in [0.15, 0.2) is 41.3 Å². The number of rotatable bonds is 7. The van der Waals surface area contributed by atoms with Gasteiger partial charge in [0, 0.05) is 19.7 Å². The van der Waals surface area contributed by atoms with E-state index < -0.39 is 15.9 Å². The lowest BCUT2D eigenvalue weighted by atomic mass is 10.1. The van der Waals surface area contributed by atoms with Crippen molar-refractivity contribution in [3.05, 3.63) is 52.5 Å². The van der Waals surface area contributed by atoms with Crippen LogP contribution in [0.4, 0.5) is 5.69 Å². The Hall–Kier alpha value is -2.17. The van der Waals surface area contributed by atoms with Gasteiger partial charge in [0.05, 0.1) is 40.5 Å². The third kappa shape index (κ3) is 5.67. The van der Waals surface area contributed by atoms with Gasteiger partial charge in [-0.3, -0.25) is 4.79 Å². The molecule has 0 radical (unpaired) electrons. The summed E-state index contributed by atoms with van der Waals surface area (Å²) in [4.78, 5) is 13.1. The summed E-state index contributed by atoms with van der Waals surface area (Å²) in [6, 6.07) is 9.59. The number of carbonyl (C=O) groups excluding carboxylic acids is 1. The van der Waals surface area contributed by atoms with E-state index in [1.54, 1.807) is 6.07 Å². The Morgan fingerprint density at radius 1 is 1.18 bits per heavy atom. The molecule has 1 unspecified atom stereocenters. The summed E-state index contributed by atoms with van der Waals surface area (Å²) in [6.45, 7) is 4.25. The molecule has 2 fully saturated rings. The van der Waals surface area contributed by atoms with Gasteiger partial charge in [-0.15, -0.1) is 0 Å². The van der Waals surface area contributed by atoms with Crippen molar-refractivity contribution in [1.82, 2.24) is 4.31 Å². The van der Waals surface area contributed by atoms with Crippen LogP contribution >= 0.6 is 11.6 Å². The van der Waals surface area contributed by atoms with E-state index in [0.717, 1.165) is 25.0 Å². The normalized spacial score (nSPS) is 19.4. The van der Waals surface area contributed by atoms with E-state index in [1.807, 2.05) is 19.1 Å². The summed E-state index contributed by atoms with van der Waals surface area (Å²) < 4.78 is 44.1. The molecule has 4 rings (SSSR count). The Kier molecular flexibility index (Phi) is 7.55. The number of nitrogens with one attached hydrogen (secondary N) is 1. The fourth-order valence-corrected chi connectivity index (χ4v) is 5.41. The zero-order valence-electron chi connectivity index (χ0n) is 18.4. The van der Waals surface area contributed by atoms with Crippen molar-refractivity contribution in [3.8, 4) is 5.75 Å². The van der Waals surface area contributed by atoms with E-state index in [4.69, 9.17) is 25.8 Å². The molecule has 8 nitrogen and oxygen atoms in total. The number of benzene rings is 2. The second-order valence-corrected chi connectivity index (χ2v) is 10.4. The van der Waals surface area contributed by atoms with Gasteiger partial charge in [-0.25, -0.2) is 8.42 Å². The lowest BCUT2D eigenvalue weighted by molar-refractivity contribution is 0.0681. The van der Waals surface area contributed by atoms with Crippen LogP contribution in [0.1, 0.15) is 28.8 Å². The SMILES string of the molecule is Cc1ccc(NC(=O)c2cc(S(=O)(=O)N3CCOCC3)ccc2Cl)c(OCC2CCCO2)c1. The summed E-state index contributed by atoms with van der Waals surface area (Å²) in [6.07, 6.45) is 1.98. The molecule has 2 aliphatic heterocycles. The van der Waals surface area contributed by atoms with Crippen molar-refractivity contribution in [2.75, 3.05) is 44.8 Å². The largest absolute Gasteiger partial charge is 0.489 e. The molecule has 2 aliphatic rings. The van der Waals surface area contributed by atoms with E-state index in [9.17, 15) is 13.2 Å². The number of halogens is 1. The third-order valence-corrected chi connectivity index (χ3v) is 7.85. The molecule has 2 aromatic rings. The summed E-state index contributed by atoms with van der Waals surface area (Å²) in [7, 11) is -3.76. The van der Waals surface area contributed by atoms with E-state index >= 15 is 0 Å². The Balaban J connectivity index is 1.54. The highest BCUT2D eigenvalue weighted by atomic mass is 35.5. The number of carbonyl (C=O) groups is 1. The van der Waals surface area contributed by atoms with Crippen molar-refractivity contribution in [2.24, 2.45) is 0 Å². The zero-order chi connectivity index (χ0) is 23.4. The molecule has 10 heteroatoms. The van der Waals surface area contributed by atoms with Crippen molar-refractivity contribution >= 4 is 33.2 Å². The first-order valence-electron chi connectivity index (χ1n) is 10.9. The average molecular weight is 495 g/mol. The lowest BCUT2D eigenvalue weighted by Gasteiger charge is -2.26. The summed E-state index contributed by atoms with van der Waals surface area (Å²) in [5.74, 6) is -0.00286. The van der Waals surface area contributed by atoms with E-state index in [-0.39, 0.29) is 34.7 Å². The summed E-state index contributed by atoms with van der Waals surface area (Å²) in [5, 5.41) is 2.97. The van der Waals surface area contributed by atoms with Gasteiger partial charge in [-0.2, -0.15) is 4.31 Å². The van der Waals surface area contributed by atoms with Gasteiger partial charge in [0.1, 0.15) is 12.4 Å². The number of hydrogen-bond acceptors (Lipinski definition) is 6. The van der Waals surface area contributed by atoms with E-state index in [1.165, 1.54) is 22.5 Å². The maximum absolute atomic E-state index is 13.1. The molecular weight excluding hydrogens is 468 g/mol. The van der Waals surface area contributed by atoms with Crippen LogP contribution in [0.2, 0.25) is 5.02 Å². The van der Waals surface area contributed by atoms with Crippen LogP contribution in [0, 0.1) is 6.92 Å². The minimum Gasteiger partial charge on any atom is -0.489 e. The fraction of sp³-hybridized carbons (Fsp3) is 0.435. The molecule has 0 aromatic heterocycles. The molecule has 0 aliphatic carbocycles. The van der Waals surface area contributed by atoms with E-state index in [0.29, 0.717) is 31.3 Å². The zero-order valence-corrected chi connectivity index (χ0v) is 20.0. The molecule has 2 heterocycles. The maximum Gasteiger partial charge on any atom is 0.257 e. The molecular formula is C23H27ClN2O6S.